The summed E-state index contributed by atoms with van der Waals surface area (Å²) in [6, 6.07) is -2.60. The van der Waals surface area contributed by atoms with E-state index in [1.54, 1.807) is 0 Å². The fraction of sp³-hybridized carbons (Fsp3) is 0.786. The highest BCUT2D eigenvalue weighted by atomic mass is 32.1. The van der Waals surface area contributed by atoms with Gasteiger partial charge in [-0.25, -0.2) is 4.79 Å². The number of carboxylic acid groups (broad SMARTS) is 1. The summed E-state index contributed by atoms with van der Waals surface area (Å²) in [7, 11) is 0. The number of aliphatic carboxylic acids is 1. The molecule has 0 saturated carbocycles. The largest absolute Gasteiger partial charge is 0.480 e. The molecule has 2 amide bonds. The molecule has 5 N–H and O–H groups in total. The van der Waals surface area contributed by atoms with E-state index in [-0.39, 0.29) is 12.3 Å². The topological polar surface area (TPSA) is 122 Å². The molecule has 134 valence electrons. The van der Waals surface area contributed by atoms with Crippen LogP contribution in [0.4, 0.5) is 0 Å². The van der Waals surface area contributed by atoms with E-state index in [0.29, 0.717) is 24.3 Å². The van der Waals surface area contributed by atoms with Crippen LogP contribution < -0.4 is 16.4 Å². The number of nitrogens with two attached hydrogens (primary N) is 1. The van der Waals surface area contributed by atoms with E-state index >= 15 is 0 Å². The van der Waals surface area contributed by atoms with Crippen LogP contribution in [0.5, 0.6) is 0 Å². The predicted molar refractivity (Wildman–Crippen MR) is 95.9 cm³/mol. The predicted octanol–water partition coefficient (Wildman–Crippen LogP) is 0.0538. The lowest BCUT2D eigenvalue weighted by Gasteiger charge is -2.23. The first-order chi connectivity index (χ1) is 10.7. The number of amides is 2. The SMILES string of the molecule is CC(C)C[C@H](NC(=O)[C@@H](N)CCS)C(=O)N[C@@H](CCS)C(=O)O. The first-order valence-electron chi connectivity index (χ1n) is 7.53. The van der Waals surface area contributed by atoms with Crippen molar-refractivity contribution in [3.63, 3.8) is 0 Å². The number of rotatable bonds is 11. The van der Waals surface area contributed by atoms with E-state index in [0.717, 1.165) is 0 Å². The number of carbonyl (C=O) groups is 3. The van der Waals surface area contributed by atoms with Gasteiger partial charge in [0.05, 0.1) is 6.04 Å². The highest BCUT2D eigenvalue weighted by Crippen LogP contribution is 2.07. The molecule has 0 aromatic carbocycles. The molecule has 0 fully saturated rings. The van der Waals surface area contributed by atoms with Gasteiger partial charge in [-0.1, -0.05) is 13.8 Å². The maximum absolute atomic E-state index is 12.3. The van der Waals surface area contributed by atoms with Gasteiger partial charge in [0, 0.05) is 0 Å². The Balaban J connectivity index is 4.90. The molecule has 0 aromatic heterocycles. The molecule has 0 bridgehead atoms. The Morgan fingerprint density at radius 2 is 1.52 bits per heavy atom. The zero-order chi connectivity index (χ0) is 18.0. The molecular formula is C14H27N3O4S2. The number of carboxylic acids is 1. The fourth-order valence-electron chi connectivity index (χ4n) is 1.91. The molecule has 0 radical (unpaired) electrons. The van der Waals surface area contributed by atoms with Gasteiger partial charge in [-0.3, -0.25) is 9.59 Å². The maximum Gasteiger partial charge on any atom is 0.326 e. The van der Waals surface area contributed by atoms with Crippen LogP contribution in [0.3, 0.4) is 0 Å². The Labute approximate surface area is 148 Å². The van der Waals surface area contributed by atoms with Crippen molar-refractivity contribution in [2.75, 3.05) is 11.5 Å². The second-order valence-electron chi connectivity index (χ2n) is 5.72. The number of thiol groups is 2. The average molecular weight is 366 g/mol. The lowest BCUT2D eigenvalue weighted by atomic mass is 10.0. The normalized spacial score (nSPS) is 14.9. The van der Waals surface area contributed by atoms with Crippen LogP contribution in [0, 0.1) is 5.92 Å². The molecule has 9 heteroatoms. The summed E-state index contributed by atoms with van der Waals surface area (Å²) in [6.07, 6.45) is 0.979. The fourth-order valence-corrected chi connectivity index (χ4v) is 2.45. The van der Waals surface area contributed by atoms with Crippen LogP contribution in [0.2, 0.25) is 0 Å². The molecule has 0 heterocycles. The summed E-state index contributed by atoms with van der Waals surface area (Å²) in [6.45, 7) is 3.81. The van der Waals surface area contributed by atoms with Crippen molar-refractivity contribution in [3.05, 3.63) is 0 Å². The van der Waals surface area contributed by atoms with Crippen LogP contribution in [0.1, 0.15) is 33.1 Å². The average Bonchev–Trinajstić information content (AvgIpc) is 2.45. The van der Waals surface area contributed by atoms with Gasteiger partial charge in [-0.15, -0.1) is 0 Å². The number of hydrogen-bond acceptors (Lipinski definition) is 6. The first-order valence-corrected chi connectivity index (χ1v) is 8.80. The molecular weight excluding hydrogens is 338 g/mol. The zero-order valence-electron chi connectivity index (χ0n) is 13.5. The van der Waals surface area contributed by atoms with Crippen LogP contribution in [0.25, 0.3) is 0 Å². The van der Waals surface area contributed by atoms with E-state index in [1.807, 2.05) is 13.8 Å². The third kappa shape index (κ3) is 9.07. The van der Waals surface area contributed by atoms with Crippen molar-refractivity contribution in [3.8, 4) is 0 Å². The highest BCUT2D eigenvalue weighted by molar-refractivity contribution is 7.80. The molecule has 7 nitrogen and oxygen atoms in total. The van der Waals surface area contributed by atoms with Gasteiger partial charge < -0.3 is 21.5 Å². The molecule has 23 heavy (non-hydrogen) atoms. The minimum Gasteiger partial charge on any atom is -0.480 e. The van der Waals surface area contributed by atoms with Crippen LogP contribution in [-0.4, -0.2) is 52.5 Å². The van der Waals surface area contributed by atoms with Crippen LogP contribution >= 0.6 is 25.3 Å². The van der Waals surface area contributed by atoms with Gasteiger partial charge in [0.15, 0.2) is 0 Å². The Morgan fingerprint density at radius 1 is 1.00 bits per heavy atom. The van der Waals surface area contributed by atoms with E-state index < -0.39 is 35.9 Å². The van der Waals surface area contributed by atoms with Gasteiger partial charge in [-0.05, 0) is 36.7 Å². The van der Waals surface area contributed by atoms with E-state index in [4.69, 9.17) is 10.8 Å². The lowest BCUT2D eigenvalue weighted by molar-refractivity contribution is -0.142. The summed E-state index contributed by atoms with van der Waals surface area (Å²) in [4.78, 5) is 35.4. The number of carbonyl (C=O) groups excluding carboxylic acids is 2. The van der Waals surface area contributed by atoms with Crippen molar-refractivity contribution < 1.29 is 19.5 Å². The molecule has 0 saturated heterocycles. The Morgan fingerprint density at radius 3 is 1.96 bits per heavy atom. The van der Waals surface area contributed by atoms with Crippen molar-refractivity contribution >= 4 is 43.0 Å². The summed E-state index contributed by atoms with van der Waals surface area (Å²) < 4.78 is 0. The van der Waals surface area contributed by atoms with E-state index in [1.165, 1.54) is 0 Å². The second kappa shape index (κ2) is 11.6. The third-order valence-corrected chi connectivity index (χ3v) is 3.67. The Hall–Kier alpha value is -0.930. The van der Waals surface area contributed by atoms with Crippen molar-refractivity contribution in [2.24, 2.45) is 11.7 Å². The molecule has 0 aliphatic heterocycles. The van der Waals surface area contributed by atoms with Crippen molar-refractivity contribution in [1.29, 1.82) is 0 Å². The number of nitrogens with one attached hydrogen (secondary N) is 2. The molecule has 0 unspecified atom stereocenters. The van der Waals surface area contributed by atoms with Crippen LogP contribution in [-0.2, 0) is 14.4 Å². The third-order valence-electron chi connectivity index (χ3n) is 3.15. The molecule has 0 aliphatic carbocycles. The van der Waals surface area contributed by atoms with Crippen molar-refractivity contribution in [1.82, 2.24) is 10.6 Å². The monoisotopic (exact) mass is 365 g/mol. The Bertz CT molecular complexity index is 407. The summed E-state index contributed by atoms with van der Waals surface area (Å²) in [5, 5.41) is 14.1. The molecule has 0 aromatic rings. The van der Waals surface area contributed by atoms with E-state index in [9.17, 15) is 14.4 Å². The van der Waals surface area contributed by atoms with Gasteiger partial charge in [0.25, 0.3) is 0 Å². The van der Waals surface area contributed by atoms with Gasteiger partial charge in [0.2, 0.25) is 11.8 Å². The zero-order valence-corrected chi connectivity index (χ0v) is 15.3. The smallest absolute Gasteiger partial charge is 0.326 e. The summed E-state index contributed by atoms with van der Waals surface area (Å²) in [5.74, 6) is -1.18. The van der Waals surface area contributed by atoms with Crippen LogP contribution in [0.15, 0.2) is 0 Å². The highest BCUT2D eigenvalue weighted by Gasteiger charge is 2.27. The molecule has 3 atom stereocenters. The van der Waals surface area contributed by atoms with Gasteiger partial charge in [-0.2, -0.15) is 25.3 Å². The lowest BCUT2D eigenvalue weighted by Crippen LogP contribution is -2.54. The minimum atomic E-state index is -1.13. The van der Waals surface area contributed by atoms with Gasteiger partial charge >= 0.3 is 5.97 Å². The molecule has 0 spiro atoms. The Kier molecular flexibility index (Phi) is 11.1. The first kappa shape index (κ1) is 22.1. The minimum absolute atomic E-state index is 0.139. The standard InChI is InChI=1S/C14H27N3O4S2/c1-8(2)7-11(17-12(18)9(15)3-5-22)13(19)16-10(4-6-23)14(20)21/h8-11,22-23H,3-7,15H2,1-2H3,(H,16,19)(H,17,18)(H,20,21)/t9-,10-,11-/m0/s1. The molecule has 0 rings (SSSR count). The maximum atomic E-state index is 12.3. The van der Waals surface area contributed by atoms with E-state index in [2.05, 4.69) is 35.9 Å². The molecule has 0 aliphatic rings. The summed E-state index contributed by atoms with van der Waals surface area (Å²) in [5.41, 5.74) is 5.71. The van der Waals surface area contributed by atoms with Gasteiger partial charge in [0.1, 0.15) is 12.1 Å². The quantitative estimate of drug-likeness (QED) is 0.289. The van der Waals surface area contributed by atoms with Crippen molar-refractivity contribution in [2.45, 2.75) is 51.2 Å². The number of hydrogen-bond donors (Lipinski definition) is 6. The second-order valence-corrected chi connectivity index (χ2v) is 6.62. The summed E-state index contributed by atoms with van der Waals surface area (Å²) >= 11 is 8.00.